The summed E-state index contributed by atoms with van der Waals surface area (Å²) in [5.74, 6) is 0.443. The molecule has 3 rings (SSSR count). The van der Waals surface area contributed by atoms with Gasteiger partial charge in [-0.15, -0.1) is 0 Å². The van der Waals surface area contributed by atoms with Crippen LogP contribution in [0.15, 0.2) is 42.5 Å². The van der Waals surface area contributed by atoms with E-state index < -0.39 is 5.60 Å². The number of fused-ring (bicyclic) bond motifs is 1. The number of benzene rings is 2. The minimum absolute atomic E-state index is 0.443. The summed E-state index contributed by atoms with van der Waals surface area (Å²) >= 11 is 0. The summed E-state index contributed by atoms with van der Waals surface area (Å²) in [5, 5.41) is 13.0. The monoisotopic (exact) mass is 212 g/mol. The molecule has 0 bridgehead atoms. The number of rotatable bonds is 2. The van der Waals surface area contributed by atoms with E-state index in [1.165, 1.54) is 10.8 Å². The maximum absolute atomic E-state index is 10.6. The highest BCUT2D eigenvalue weighted by Gasteiger charge is 2.41. The van der Waals surface area contributed by atoms with Gasteiger partial charge in [0.2, 0.25) is 0 Å². The number of hydrogen-bond donors (Lipinski definition) is 1. The molecule has 1 aliphatic rings. The molecule has 16 heavy (non-hydrogen) atoms. The van der Waals surface area contributed by atoms with E-state index in [1.54, 1.807) is 0 Å². The topological polar surface area (TPSA) is 20.2 Å². The minimum atomic E-state index is -0.666. The second-order valence-electron chi connectivity index (χ2n) is 4.95. The Kier molecular flexibility index (Phi) is 2.05. The second-order valence-corrected chi connectivity index (χ2v) is 4.95. The molecule has 0 radical (unpaired) electrons. The fraction of sp³-hybridized carbons (Fsp3) is 0.333. The summed E-state index contributed by atoms with van der Waals surface area (Å²) in [5.41, 5.74) is 0.411. The lowest BCUT2D eigenvalue weighted by Crippen LogP contribution is -2.23. The molecule has 1 nitrogen and oxygen atoms in total. The zero-order chi connectivity index (χ0) is 11.2. The lowest BCUT2D eigenvalue weighted by Gasteiger charge is -2.25. The third kappa shape index (κ3) is 1.43. The maximum atomic E-state index is 10.6. The molecule has 1 N–H and O–H groups in total. The van der Waals surface area contributed by atoms with Crippen LogP contribution in [0.3, 0.4) is 0 Å². The molecule has 82 valence electrons. The van der Waals surface area contributed by atoms with Crippen LogP contribution >= 0.6 is 0 Å². The first-order valence-corrected chi connectivity index (χ1v) is 5.90. The van der Waals surface area contributed by atoms with E-state index in [-0.39, 0.29) is 0 Å². The Hall–Kier alpha value is -1.34. The van der Waals surface area contributed by atoms with Crippen molar-refractivity contribution in [2.45, 2.75) is 25.4 Å². The van der Waals surface area contributed by atoms with Crippen molar-refractivity contribution >= 4 is 10.8 Å². The van der Waals surface area contributed by atoms with Crippen molar-refractivity contribution in [1.82, 2.24) is 0 Å². The van der Waals surface area contributed by atoms with Gasteiger partial charge >= 0.3 is 0 Å². The van der Waals surface area contributed by atoms with Crippen LogP contribution in [0.5, 0.6) is 0 Å². The maximum Gasteiger partial charge on any atom is 0.0902 e. The number of aliphatic hydroxyl groups is 1. The van der Waals surface area contributed by atoms with Gasteiger partial charge < -0.3 is 5.11 Å². The van der Waals surface area contributed by atoms with Gasteiger partial charge in [-0.3, -0.25) is 0 Å². The lowest BCUT2D eigenvalue weighted by molar-refractivity contribution is 0.0346. The molecule has 1 aliphatic carbocycles. The Morgan fingerprint density at radius 2 is 1.75 bits per heavy atom. The average Bonchev–Trinajstić information content (AvgIpc) is 3.12. The highest BCUT2D eigenvalue weighted by molar-refractivity contribution is 5.86. The second kappa shape index (κ2) is 3.33. The summed E-state index contributed by atoms with van der Waals surface area (Å²) in [7, 11) is 0. The van der Waals surface area contributed by atoms with E-state index in [4.69, 9.17) is 0 Å². The Bertz CT molecular complexity index is 518. The molecule has 1 heteroatoms. The van der Waals surface area contributed by atoms with Crippen molar-refractivity contribution < 1.29 is 5.11 Å². The first-order valence-electron chi connectivity index (χ1n) is 5.90. The van der Waals surface area contributed by atoms with E-state index in [0.717, 1.165) is 18.4 Å². The first-order chi connectivity index (χ1) is 7.69. The van der Waals surface area contributed by atoms with Gasteiger partial charge in [-0.25, -0.2) is 0 Å². The Labute approximate surface area is 95.7 Å². The summed E-state index contributed by atoms with van der Waals surface area (Å²) in [4.78, 5) is 0. The van der Waals surface area contributed by atoms with Crippen LogP contribution in [0, 0.1) is 5.92 Å². The van der Waals surface area contributed by atoms with Crippen LogP contribution in [0.4, 0.5) is 0 Å². The van der Waals surface area contributed by atoms with Crippen molar-refractivity contribution in [3.05, 3.63) is 48.0 Å². The van der Waals surface area contributed by atoms with Crippen molar-refractivity contribution in [3.8, 4) is 0 Å². The third-order valence-electron chi connectivity index (χ3n) is 3.71. The summed E-state index contributed by atoms with van der Waals surface area (Å²) in [6, 6.07) is 14.5. The molecule has 2 aromatic carbocycles. The van der Waals surface area contributed by atoms with Crippen LogP contribution < -0.4 is 0 Å². The van der Waals surface area contributed by atoms with E-state index in [9.17, 15) is 5.11 Å². The van der Waals surface area contributed by atoms with E-state index in [2.05, 4.69) is 24.3 Å². The van der Waals surface area contributed by atoms with Gasteiger partial charge in [0.05, 0.1) is 5.60 Å². The minimum Gasteiger partial charge on any atom is -0.385 e. The van der Waals surface area contributed by atoms with Crippen LogP contribution in [-0.2, 0) is 5.60 Å². The zero-order valence-corrected chi connectivity index (χ0v) is 9.48. The molecule has 0 spiro atoms. The molecule has 1 saturated carbocycles. The van der Waals surface area contributed by atoms with Gasteiger partial charge in [0.15, 0.2) is 0 Å². The molecule has 2 aromatic rings. The third-order valence-corrected chi connectivity index (χ3v) is 3.71. The zero-order valence-electron chi connectivity index (χ0n) is 9.48. The fourth-order valence-corrected chi connectivity index (χ4v) is 2.53. The SMILES string of the molecule is C[C@@](O)(c1cccc2ccccc12)C1CC1. The molecule has 0 aliphatic heterocycles. The Morgan fingerprint density at radius 1 is 1.06 bits per heavy atom. The predicted octanol–water partition coefficient (Wildman–Crippen LogP) is 3.46. The van der Waals surface area contributed by atoms with E-state index >= 15 is 0 Å². The average molecular weight is 212 g/mol. The fourth-order valence-electron chi connectivity index (χ4n) is 2.53. The lowest BCUT2D eigenvalue weighted by atomic mass is 9.87. The van der Waals surface area contributed by atoms with Crippen molar-refractivity contribution in [1.29, 1.82) is 0 Å². The Balaban J connectivity index is 2.23. The molecule has 0 unspecified atom stereocenters. The molecule has 0 saturated heterocycles. The number of hydrogen-bond acceptors (Lipinski definition) is 1. The van der Waals surface area contributed by atoms with Crippen LogP contribution in [0.1, 0.15) is 25.3 Å². The largest absolute Gasteiger partial charge is 0.385 e. The van der Waals surface area contributed by atoms with Gasteiger partial charge in [0, 0.05) is 0 Å². The van der Waals surface area contributed by atoms with Crippen molar-refractivity contribution in [2.75, 3.05) is 0 Å². The summed E-state index contributed by atoms with van der Waals surface area (Å²) < 4.78 is 0. The van der Waals surface area contributed by atoms with E-state index in [1.807, 2.05) is 25.1 Å². The molecule has 0 amide bonds. The van der Waals surface area contributed by atoms with Crippen LogP contribution in [-0.4, -0.2) is 5.11 Å². The quantitative estimate of drug-likeness (QED) is 0.808. The van der Waals surface area contributed by atoms with Crippen LogP contribution in [0.2, 0.25) is 0 Å². The molecule has 1 fully saturated rings. The van der Waals surface area contributed by atoms with E-state index in [0.29, 0.717) is 5.92 Å². The van der Waals surface area contributed by atoms with Gasteiger partial charge in [-0.1, -0.05) is 42.5 Å². The first kappa shape index (κ1) is 9.86. The van der Waals surface area contributed by atoms with Crippen LogP contribution in [0.25, 0.3) is 10.8 Å². The summed E-state index contributed by atoms with van der Waals surface area (Å²) in [6.07, 6.45) is 2.30. The molecular formula is C15H16O. The van der Waals surface area contributed by atoms with Crippen molar-refractivity contribution in [3.63, 3.8) is 0 Å². The van der Waals surface area contributed by atoms with Gasteiger partial charge in [-0.05, 0) is 42.0 Å². The molecule has 1 atom stereocenters. The molecule has 0 heterocycles. The highest BCUT2D eigenvalue weighted by atomic mass is 16.3. The molecular weight excluding hydrogens is 196 g/mol. The Morgan fingerprint density at radius 3 is 2.50 bits per heavy atom. The van der Waals surface area contributed by atoms with Gasteiger partial charge in [0.25, 0.3) is 0 Å². The highest BCUT2D eigenvalue weighted by Crippen LogP contribution is 2.46. The smallest absolute Gasteiger partial charge is 0.0902 e. The van der Waals surface area contributed by atoms with Crippen molar-refractivity contribution in [2.24, 2.45) is 5.92 Å². The normalized spacial score (nSPS) is 19.6. The predicted molar refractivity (Wildman–Crippen MR) is 66.2 cm³/mol. The standard InChI is InChI=1S/C15H16O/c1-15(16,12-9-10-12)14-8-4-6-11-5-2-3-7-13(11)14/h2-8,12,16H,9-10H2,1H3/t15-/m0/s1. The van der Waals surface area contributed by atoms with Gasteiger partial charge in [-0.2, -0.15) is 0 Å². The molecule has 0 aromatic heterocycles. The summed E-state index contributed by atoms with van der Waals surface area (Å²) in [6.45, 7) is 1.95. The van der Waals surface area contributed by atoms with Gasteiger partial charge in [0.1, 0.15) is 0 Å².